The van der Waals surface area contributed by atoms with E-state index in [1.165, 1.54) is 13.0 Å². The number of nitrogens with one attached hydrogen (secondary N) is 3. The lowest BCUT2D eigenvalue weighted by Gasteiger charge is -2.22. The lowest BCUT2D eigenvalue weighted by molar-refractivity contribution is -0.137. The number of amides is 3. The summed E-state index contributed by atoms with van der Waals surface area (Å²) in [5.74, 6) is -0.487. The van der Waals surface area contributed by atoms with E-state index in [9.17, 15) is 22.8 Å². The predicted molar refractivity (Wildman–Crippen MR) is 96.7 cm³/mol. The topological polar surface area (TPSA) is 79.5 Å². The van der Waals surface area contributed by atoms with E-state index in [0.29, 0.717) is 13.0 Å². The van der Waals surface area contributed by atoms with Crippen molar-refractivity contribution in [2.75, 3.05) is 11.9 Å². The fourth-order valence-corrected chi connectivity index (χ4v) is 2.05. The molecule has 9 heteroatoms. The van der Waals surface area contributed by atoms with Gasteiger partial charge in [-0.2, -0.15) is 13.2 Å². The minimum Gasteiger partial charge on any atom is -0.491 e. The zero-order valence-electron chi connectivity index (χ0n) is 16.1. The molecule has 0 aromatic heterocycles. The van der Waals surface area contributed by atoms with E-state index in [1.54, 1.807) is 20.8 Å². The molecular weight excluding hydrogens is 363 g/mol. The van der Waals surface area contributed by atoms with Gasteiger partial charge in [0.1, 0.15) is 11.8 Å². The average Bonchev–Trinajstić information content (AvgIpc) is 2.50. The van der Waals surface area contributed by atoms with Gasteiger partial charge in [0.2, 0.25) is 5.91 Å². The molecule has 0 aliphatic heterocycles. The molecule has 1 atom stereocenters. The van der Waals surface area contributed by atoms with Gasteiger partial charge in [-0.05, 0) is 52.3 Å². The summed E-state index contributed by atoms with van der Waals surface area (Å²) in [6.45, 7) is 8.86. The van der Waals surface area contributed by atoms with Crippen molar-refractivity contribution in [3.63, 3.8) is 0 Å². The quantitative estimate of drug-likeness (QED) is 0.689. The van der Waals surface area contributed by atoms with Crippen molar-refractivity contribution in [2.24, 2.45) is 0 Å². The zero-order valence-corrected chi connectivity index (χ0v) is 16.1. The Labute approximate surface area is 156 Å². The smallest absolute Gasteiger partial charge is 0.416 e. The highest BCUT2D eigenvalue weighted by atomic mass is 19.4. The van der Waals surface area contributed by atoms with Crippen molar-refractivity contribution < 1.29 is 27.5 Å². The molecule has 6 nitrogen and oxygen atoms in total. The number of ether oxygens (including phenoxy) is 1. The molecule has 0 spiro atoms. The van der Waals surface area contributed by atoms with Crippen molar-refractivity contribution >= 4 is 17.6 Å². The van der Waals surface area contributed by atoms with Crippen LogP contribution in [0.4, 0.5) is 23.7 Å². The van der Waals surface area contributed by atoms with E-state index in [-0.39, 0.29) is 11.4 Å². The number of rotatable bonds is 6. The lowest BCUT2D eigenvalue weighted by Crippen LogP contribution is -2.51. The van der Waals surface area contributed by atoms with Crippen molar-refractivity contribution in [3.05, 3.63) is 23.8 Å². The Morgan fingerprint density at radius 1 is 1.19 bits per heavy atom. The molecule has 0 aliphatic carbocycles. The first kappa shape index (κ1) is 22.6. The third-order valence-corrected chi connectivity index (χ3v) is 3.26. The third kappa shape index (κ3) is 7.76. The number of hydrogen-bond donors (Lipinski definition) is 3. The second-order valence-corrected chi connectivity index (χ2v) is 7.12. The second kappa shape index (κ2) is 8.96. The molecule has 27 heavy (non-hydrogen) atoms. The van der Waals surface area contributed by atoms with Gasteiger partial charge in [0.05, 0.1) is 17.9 Å². The number of alkyl halides is 3. The monoisotopic (exact) mass is 389 g/mol. The summed E-state index contributed by atoms with van der Waals surface area (Å²) in [6, 6.07) is 1.34. The molecule has 1 rings (SSSR count). The van der Waals surface area contributed by atoms with Crippen molar-refractivity contribution in [2.45, 2.75) is 58.8 Å². The third-order valence-electron chi connectivity index (χ3n) is 3.26. The number of carbonyl (C=O) groups excluding carboxylic acids is 2. The molecule has 0 aliphatic rings. The van der Waals surface area contributed by atoms with Crippen LogP contribution in [0.3, 0.4) is 0 Å². The molecular formula is C18H26F3N3O3. The number of imide groups is 1. The average molecular weight is 389 g/mol. The normalized spacial score (nSPS) is 12.9. The van der Waals surface area contributed by atoms with Crippen LogP contribution in [-0.4, -0.2) is 30.1 Å². The summed E-state index contributed by atoms with van der Waals surface area (Å²) in [5.41, 5.74) is -1.38. The zero-order chi connectivity index (χ0) is 20.8. The minimum absolute atomic E-state index is 0.0251. The molecule has 0 unspecified atom stereocenters. The van der Waals surface area contributed by atoms with Crippen LogP contribution >= 0.6 is 0 Å². The molecule has 3 N–H and O–H groups in total. The van der Waals surface area contributed by atoms with E-state index < -0.39 is 35.3 Å². The molecule has 152 valence electrons. The number of benzene rings is 1. The summed E-state index contributed by atoms with van der Waals surface area (Å²) in [5, 5.41) is 7.40. The summed E-state index contributed by atoms with van der Waals surface area (Å²) in [7, 11) is 0. The number of hydrogen-bond acceptors (Lipinski definition) is 4. The number of carbonyl (C=O) groups is 2. The Balaban J connectivity index is 2.93. The molecule has 0 heterocycles. The molecule has 0 saturated carbocycles. The Hall–Kier alpha value is -2.45. The standard InChI is InChI=1S/C18H26F3N3O3/c1-6-9-27-14-8-7-12(18(19,20)21)10-13(14)22-11(2)15(25)23-16(26)24-17(3,4)5/h7-8,10-11,22H,6,9H2,1-5H3,(H2,23,24,25,26)/t11-/m1/s1. The first-order chi connectivity index (χ1) is 12.3. The molecule has 0 saturated heterocycles. The Morgan fingerprint density at radius 2 is 1.81 bits per heavy atom. The van der Waals surface area contributed by atoms with Crippen LogP contribution in [0.15, 0.2) is 18.2 Å². The van der Waals surface area contributed by atoms with Gasteiger partial charge in [0.15, 0.2) is 0 Å². The van der Waals surface area contributed by atoms with E-state index in [4.69, 9.17) is 4.74 Å². The predicted octanol–water partition coefficient (Wildman–Crippen LogP) is 3.92. The highest BCUT2D eigenvalue weighted by molar-refractivity contribution is 5.98. The fraction of sp³-hybridized carbons (Fsp3) is 0.556. The van der Waals surface area contributed by atoms with Crippen molar-refractivity contribution in [3.8, 4) is 5.75 Å². The van der Waals surface area contributed by atoms with Gasteiger partial charge < -0.3 is 15.4 Å². The van der Waals surface area contributed by atoms with E-state index in [0.717, 1.165) is 12.1 Å². The van der Waals surface area contributed by atoms with E-state index in [1.807, 2.05) is 6.92 Å². The maximum atomic E-state index is 13.0. The van der Waals surface area contributed by atoms with Gasteiger partial charge in [-0.25, -0.2) is 4.79 Å². The Bertz CT molecular complexity index is 670. The van der Waals surface area contributed by atoms with Gasteiger partial charge in [-0.3, -0.25) is 10.1 Å². The molecule has 0 radical (unpaired) electrons. The number of halogens is 3. The first-order valence-electron chi connectivity index (χ1n) is 8.57. The highest BCUT2D eigenvalue weighted by Crippen LogP contribution is 2.35. The maximum Gasteiger partial charge on any atom is 0.416 e. The van der Waals surface area contributed by atoms with E-state index in [2.05, 4.69) is 16.0 Å². The minimum atomic E-state index is -4.53. The maximum absolute atomic E-state index is 13.0. The van der Waals surface area contributed by atoms with Crippen molar-refractivity contribution in [1.29, 1.82) is 0 Å². The van der Waals surface area contributed by atoms with Gasteiger partial charge in [0.25, 0.3) is 0 Å². The Morgan fingerprint density at radius 3 is 2.33 bits per heavy atom. The lowest BCUT2D eigenvalue weighted by atomic mass is 10.1. The molecule has 1 aromatic rings. The molecule has 3 amide bonds. The largest absolute Gasteiger partial charge is 0.491 e. The van der Waals surface area contributed by atoms with Gasteiger partial charge >= 0.3 is 12.2 Å². The first-order valence-corrected chi connectivity index (χ1v) is 8.57. The van der Waals surface area contributed by atoms with Crippen LogP contribution in [0.25, 0.3) is 0 Å². The van der Waals surface area contributed by atoms with Crippen molar-refractivity contribution in [1.82, 2.24) is 10.6 Å². The summed E-state index contributed by atoms with van der Waals surface area (Å²) in [4.78, 5) is 23.9. The summed E-state index contributed by atoms with van der Waals surface area (Å²) < 4.78 is 44.4. The van der Waals surface area contributed by atoms with Crippen LogP contribution in [0, 0.1) is 0 Å². The summed E-state index contributed by atoms with van der Waals surface area (Å²) >= 11 is 0. The van der Waals surface area contributed by atoms with Crippen LogP contribution in [0.5, 0.6) is 5.75 Å². The van der Waals surface area contributed by atoms with Crippen LogP contribution < -0.4 is 20.7 Å². The van der Waals surface area contributed by atoms with Crippen LogP contribution in [0.2, 0.25) is 0 Å². The second-order valence-electron chi connectivity index (χ2n) is 7.12. The van der Waals surface area contributed by atoms with Gasteiger partial charge in [-0.1, -0.05) is 6.92 Å². The number of anilines is 1. The Kier molecular flexibility index (Phi) is 7.50. The highest BCUT2D eigenvalue weighted by Gasteiger charge is 2.31. The SMILES string of the molecule is CCCOc1ccc(C(F)(F)F)cc1N[C@H](C)C(=O)NC(=O)NC(C)(C)C. The van der Waals surface area contributed by atoms with Crippen LogP contribution in [0.1, 0.15) is 46.6 Å². The molecule has 0 fully saturated rings. The molecule has 0 bridgehead atoms. The van der Waals surface area contributed by atoms with E-state index >= 15 is 0 Å². The summed E-state index contributed by atoms with van der Waals surface area (Å²) in [6.07, 6.45) is -3.86. The van der Waals surface area contributed by atoms with Gasteiger partial charge in [0, 0.05) is 5.54 Å². The molecule has 1 aromatic carbocycles. The van der Waals surface area contributed by atoms with Crippen LogP contribution in [-0.2, 0) is 11.0 Å². The van der Waals surface area contributed by atoms with Gasteiger partial charge in [-0.15, -0.1) is 0 Å². The number of urea groups is 1. The fourth-order valence-electron chi connectivity index (χ4n) is 2.05.